The SMILES string of the molecule is C=CCc1ccc(CCl)cn1. The number of halogens is 1. The van der Waals surface area contributed by atoms with Gasteiger partial charge >= 0.3 is 0 Å². The Labute approximate surface area is 71.7 Å². The van der Waals surface area contributed by atoms with Crippen molar-refractivity contribution in [3.63, 3.8) is 0 Å². The van der Waals surface area contributed by atoms with Crippen molar-refractivity contribution >= 4 is 11.6 Å². The van der Waals surface area contributed by atoms with E-state index in [1.807, 2.05) is 18.2 Å². The Morgan fingerprint density at radius 1 is 1.55 bits per heavy atom. The lowest BCUT2D eigenvalue weighted by molar-refractivity contribution is 1.09. The van der Waals surface area contributed by atoms with Crippen molar-refractivity contribution in [2.75, 3.05) is 0 Å². The number of nitrogens with zero attached hydrogens (tertiary/aromatic N) is 1. The molecule has 0 N–H and O–H groups in total. The van der Waals surface area contributed by atoms with Crippen LogP contribution in [0.5, 0.6) is 0 Å². The van der Waals surface area contributed by atoms with E-state index in [-0.39, 0.29) is 0 Å². The lowest BCUT2D eigenvalue weighted by Gasteiger charge is -1.96. The first-order chi connectivity index (χ1) is 5.36. The number of aromatic nitrogens is 1. The van der Waals surface area contributed by atoms with Crippen molar-refractivity contribution in [1.29, 1.82) is 0 Å². The molecule has 0 aliphatic rings. The molecule has 0 bridgehead atoms. The number of rotatable bonds is 3. The average Bonchev–Trinajstić information content (AvgIpc) is 2.07. The summed E-state index contributed by atoms with van der Waals surface area (Å²) in [5.74, 6) is 0.529. The van der Waals surface area contributed by atoms with Crippen molar-refractivity contribution in [2.45, 2.75) is 12.3 Å². The molecule has 0 atom stereocenters. The summed E-state index contributed by atoms with van der Waals surface area (Å²) in [4.78, 5) is 4.18. The van der Waals surface area contributed by atoms with Crippen molar-refractivity contribution in [3.05, 3.63) is 42.2 Å². The standard InChI is InChI=1S/C9H10ClN/c1-2-3-9-5-4-8(6-10)7-11-9/h2,4-5,7H,1,3,6H2. The summed E-state index contributed by atoms with van der Waals surface area (Å²) in [5, 5.41) is 0. The van der Waals surface area contributed by atoms with Crippen LogP contribution in [0.25, 0.3) is 0 Å². The van der Waals surface area contributed by atoms with E-state index < -0.39 is 0 Å². The molecule has 0 amide bonds. The zero-order valence-electron chi connectivity index (χ0n) is 6.26. The van der Waals surface area contributed by atoms with Gasteiger partial charge in [-0.15, -0.1) is 18.2 Å². The molecule has 0 spiro atoms. The maximum atomic E-state index is 5.60. The van der Waals surface area contributed by atoms with Gasteiger partial charge in [0.1, 0.15) is 0 Å². The fourth-order valence-electron chi connectivity index (χ4n) is 0.803. The molecule has 2 heteroatoms. The second-order valence-electron chi connectivity index (χ2n) is 2.28. The summed E-state index contributed by atoms with van der Waals surface area (Å²) in [6.45, 7) is 3.63. The smallest absolute Gasteiger partial charge is 0.0489 e. The normalized spacial score (nSPS) is 9.55. The van der Waals surface area contributed by atoms with Crippen LogP contribution in [0.1, 0.15) is 11.3 Å². The van der Waals surface area contributed by atoms with Gasteiger partial charge in [0.2, 0.25) is 0 Å². The zero-order valence-corrected chi connectivity index (χ0v) is 7.01. The van der Waals surface area contributed by atoms with Gasteiger partial charge in [0.15, 0.2) is 0 Å². The third-order valence-corrected chi connectivity index (χ3v) is 1.70. The molecule has 0 aromatic carbocycles. The molecule has 0 aliphatic carbocycles. The second-order valence-corrected chi connectivity index (χ2v) is 2.55. The first-order valence-electron chi connectivity index (χ1n) is 3.47. The molecule has 1 aromatic heterocycles. The van der Waals surface area contributed by atoms with Gasteiger partial charge in [-0.25, -0.2) is 0 Å². The van der Waals surface area contributed by atoms with Crippen molar-refractivity contribution < 1.29 is 0 Å². The Hall–Kier alpha value is -0.820. The highest BCUT2D eigenvalue weighted by Crippen LogP contribution is 2.03. The van der Waals surface area contributed by atoms with Gasteiger partial charge in [-0.05, 0) is 11.6 Å². The highest BCUT2D eigenvalue weighted by molar-refractivity contribution is 6.17. The highest BCUT2D eigenvalue weighted by Gasteiger charge is 1.91. The van der Waals surface area contributed by atoms with Crippen molar-refractivity contribution in [1.82, 2.24) is 4.98 Å². The van der Waals surface area contributed by atoms with Crippen LogP contribution in [0.15, 0.2) is 31.0 Å². The van der Waals surface area contributed by atoms with E-state index in [4.69, 9.17) is 11.6 Å². The Bertz CT molecular complexity index is 228. The summed E-state index contributed by atoms with van der Waals surface area (Å²) in [6, 6.07) is 3.96. The summed E-state index contributed by atoms with van der Waals surface area (Å²) < 4.78 is 0. The zero-order chi connectivity index (χ0) is 8.10. The van der Waals surface area contributed by atoms with Gasteiger partial charge in [0, 0.05) is 24.2 Å². The lowest BCUT2D eigenvalue weighted by Crippen LogP contribution is -1.87. The molecule has 0 aliphatic heterocycles. The molecule has 11 heavy (non-hydrogen) atoms. The van der Waals surface area contributed by atoms with Crippen LogP contribution in [-0.4, -0.2) is 4.98 Å². The summed E-state index contributed by atoms with van der Waals surface area (Å²) in [5.41, 5.74) is 2.09. The van der Waals surface area contributed by atoms with Gasteiger partial charge in [0.25, 0.3) is 0 Å². The number of hydrogen-bond acceptors (Lipinski definition) is 1. The van der Waals surface area contributed by atoms with Gasteiger partial charge in [-0.1, -0.05) is 12.1 Å². The topological polar surface area (TPSA) is 12.9 Å². The van der Waals surface area contributed by atoms with E-state index in [0.717, 1.165) is 17.7 Å². The molecule has 0 unspecified atom stereocenters. The van der Waals surface area contributed by atoms with Gasteiger partial charge in [-0.3, -0.25) is 4.98 Å². The lowest BCUT2D eigenvalue weighted by atomic mass is 10.2. The first kappa shape index (κ1) is 8.28. The van der Waals surface area contributed by atoms with Crippen LogP contribution in [0.3, 0.4) is 0 Å². The Kier molecular flexibility index (Phi) is 3.12. The molecule has 58 valence electrons. The highest BCUT2D eigenvalue weighted by atomic mass is 35.5. The number of alkyl halides is 1. The Morgan fingerprint density at radius 2 is 2.36 bits per heavy atom. The number of allylic oxidation sites excluding steroid dienone is 1. The van der Waals surface area contributed by atoms with Crippen LogP contribution in [0.4, 0.5) is 0 Å². The van der Waals surface area contributed by atoms with Gasteiger partial charge in [-0.2, -0.15) is 0 Å². The van der Waals surface area contributed by atoms with Crippen LogP contribution in [-0.2, 0) is 12.3 Å². The van der Waals surface area contributed by atoms with Crippen LogP contribution in [0, 0.1) is 0 Å². The van der Waals surface area contributed by atoms with Crippen molar-refractivity contribution in [2.24, 2.45) is 0 Å². The van der Waals surface area contributed by atoms with Crippen LogP contribution in [0.2, 0.25) is 0 Å². The number of hydrogen-bond donors (Lipinski definition) is 0. The van der Waals surface area contributed by atoms with E-state index >= 15 is 0 Å². The van der Waals surface area contributed by atoms with E-state index in [1.54, 1.807) is 6.20 Å². The third kappa shape index (κ3) is 2.35. The van der Waals surface area contributed by atoms with E-state index in [0.29, 0.717) is 5.88 Å². The van der Waals surface area contributed by atoms with Crippen LogP contribution >= 0.6 is 11.6 Å². The summed E-state index contributed by atoms with van der Waals surface area (Å²) in [7, 11) is 0. The third-order valence-electron chi connectivity index (χ3n) is 1.39. The molecular formula is C9H10ClN. The fourth-order valence-corrected chi connectivity index (χ4v) is 0.961. The summed E-state index contributed by atoms with van der Waals surface area (Å²) >= 11 is 5.60. The van der Waals surface area contributed by atoms with E-state index in [9.17, 15) is 0 Å². The quantitative estimate of drug-likeness (QED) is 0.498. The van der Waals surface area contributed by atoms with Gasteiger partial charge < -0.3 is 0 Å². The molecule has 1 heterocycles. The second kappa shape index (κ2) is 4.14. The van der Waals surface area contributed by atoms with E-state index in [2.05, 4.69) is 11.6 Å². The predicted molar refractivity (Wildman–Crippen MR) is 47.7 cm³/mol. The molecular weight excluding hydrogens is 158 g/mol. The molecule has 0 saturated heterocycles. The van der Waals surface area contributed by atoms with Crippen molar-refractivity contribution in [3.8, 4) is 0 Å². The average molecular weight is 168 g/mol. The molecule has 1 aromatic rings. The predicted octanol–water partition coefficient (Wildman–Crippen LogP) is 2.55. The molecule has 1 rings (SSSR count). The monoisotopic (exact) mass is 167 g/mol. The maximum absolute atomic E-state index is 5.60. The minimum absolute atomic E-state index is 0.529. The molecule has 1 nitrogen and oxygen atoms in total. The van der Waals surface area contributed by atoms with Gasteiger partial charge in [0.05, 0.1) is 0 Å². The number of pyridine rings is 1. The molecule has 0 radical (unpaired) electrons. The Balaban J connectivity index is 2.74. The van der Waals surface area contributed by atoms with E-state index in [1.165, 1.54) is 0 Å². The first-order valence-corrected chi connectivity index (χ1v) is 4.01. The minimum Gasteiger partial charge on any atom is -0.261 e. The minimum atomic E-state index is 0.529. The largest absolute Gasteiger partial charge is 0.261 e. The molecule has 0 saturated carbocycles. The Morgan fingerprint density at radius 3 is 2.82 bits per heavy atom. The summed E-state index contributed by atoms with van der Waals surface area (Å²) in [6.07, 6.45) is 4.46. The molecule has 0 fully saturated rings. The fraction of sp³-hybridized carbons (Fsp3) is 0.222. The van der Waals surface area contributed by atoms with Crippen LogP contribution < -0.4 is 0 Å². The maximum Gasteiger partial charge on any atom is 0.0489 e.